The average Bonchev–Trinajstić information content (AvgIpc) is 3.82. The third-order valence-corrected chi connectivity index (χ3v) is 8.46. The van der Waals surface area contributed by atoms with Gasteiger partial charge in [-0.1, -0.05) is 48.5 Å². The lowest BCUT2D eigenvalue weighted by Crippen LogP contribution is -2.36. The van der Waals surface area contributed by atoms with E-state index in [0.717, 1.165) is 65.5 Å². The van der Waals surface area contributed by atoms with Crippen LogP contribution in [0.25, 0.3) is 44.4 Å². The molecule has 0 aliphatic carbocycles. The maximum atomic E-state index is 12.8. The summed E-state index contributed by atoms with van der Waals surface area (Å²) in [7, 11) is 0. The summed E-state index contributed by atoms with van der Waals surface area (Å²) in [5.74, 6) is 1.83. The topological polar surface area (TPSA) is 98.9 Å². The van der Waals surface area contributed by atoms with E-state index in [1.165, 1.54) is 22.8 Å². The van der Waals surface area contributed by atoms with Crippen LogP contribution in [0, 0.1) is 0 Å². The third kappa shape index (κ3) is 5.67. The van der Waals surface area contributed by atoms with Crippen molar-refractivity contribution in [1.29, 1.82) is 0 Å². The fourth-order valence-corrected chi connectivity index (χ4v) is 6.26. The van der Waals surface area contributed by atoms with Crippen molar-refractivity contribution in [3.63, 3.8) is 0 Å². The van der Waals surface area contributed by atoms with Crippen molar-refractivity contribution >= 4 is 16.9 Å². The summed E-state index contributed by atoms with van der Waals surface area (Å²) >= 11 is 0. The van der Waals surface area contributed by atoms with Gasteiger partial charge >= 0.3 is 6.09 Å². The second kappa shape index (κ2) is 11.0. The lowest BCUT2D eigenvalue weighted by molar-refractivity contribution is 0.0218. The second-order valence-electron chi connectivity index (χ2n) is 12.7. The molecule has 3 aromatic carbocycles. The van der Waals surface area contributed by atoms with Crippen LogP contribution < -0.4 is 5.32 Å². The molecule has 3 N–H and O–H groups in total. The zero-order valence-corrected chi connectivity index (χ0v) is 25.0. The van der Waals surface area contributed by atoms with Gasteiger partial charge in [0, 0.05) is 12.1 Å². The molecule has 4 heterocycles. The minimum atomic E-state index is -0.523. The molecule has 0 spiro atoms. The number of ether oxygens (including phenoxy) is 1. The van der Waals surface area contributed by atoms with Gasteiger partial charge in [-0.05, 0) is 92.6 Å². The molecule has 2 atom stereocenters. The summed E-state index contributed by atoms with van der Waals surface area (Å²) in [6.07, 6.45) is 7.65. The highest BCUT2D eigenvalue weighted by Gasteiger charge is 2.34. The van der Waals surface area contributed by atoms with Gasteiger partial charge in [-0.3, -0.25) is 4.90 Å². The first-order chi connectivity index (χ1) is 20.8. The van der Waals surface area contributed by atoms with Crippen LogP contribution in [0.3, 0.4) is 0 Å². The van der Waals surface area contributed by atoms with E-state index >= 15 is 0 Å². The zero-order chi connectivity index (χ0) is 29.6. The lowest BCUT2D eigenvalue weighted by atomic mass is 9.98. The Morgan fingerprint density at radius 1 is 0.791 bits per heavy atom. The van der Waals surface area contributed by atoms with Crippen molar-refractivity contribution in [1.82, 2.24) is 30.2 Å². The summed E-state index contributed by atoms with van der Waals surface area (Å²) in [6.45, 7) is 7.42. The van der Waals surface area contributed by atoms with Crippen LogP contribution in [0.2, 0.25) is 0 Å². The Morgan fingerprint density at radius 2 is 1.42 bits per heavy atom. The number of carbonyl (C=O) groups is 1. The largest absolute Gasteiger partial charge is 0.444 e. The van der Waals surface area contributed by atoms with E-state index < -0.39 is 5.60 Å². The van der Waals surface area contributed by atoms with Crippen LogP contribution in [-0.4, -0.2) is 49.6 Å². The van der Waals surface area contributed by atoms with Crippen molar-refractivity contribution in [2.24, 2.45) is 0 Å². The van der Waals surface area contributed by atoms with Gasteiger partial charge in [0.2, 0.25) is 0 Å². The van der Waals surface area contributed by atoms with Crippen LogP contribution in [0.4, 0.5) is 4.79 Å². The fourth-order valence-electron chi connectivity index (χ4n) is 6.26. The maximum Gasteiger partial charge on any atom is 0.410 e. The second-order valence-corrected chi connectivity index (χ2v) is 12.7. The molecule has 1 amide bonds. The molecule has 2 aliphatic rings. The van der Waals surface area contributed by atoms with E-state index in [0.29, 0.717) is 12.6 Å². The van der Waals surface area contributed by atoms with E-state index in [1.807, 2.05) is 33.2 Å². The summed E-state index contributed by atoms with van der Waals surface area (Å²) in [4.78, 5) is 30.8. The minimum Gasteiger partial charge on any atom is -0.444 e. The van der Waals surface area contributed by atoms with E-state index in [2.05, 4.69) is 85.9 Å². The SMILES string of the molecule is CC(C)(C)OC(=O)N1CCC[C@H]1c1ncc(-c2ccc(-c3ccc4cc(-c5cnc([C@@H]6CCCN6)[nH]5)ccc4c3)cc2)[nH]1. The standard InChI is InChI=1S/C35H38N6O2/c1-35(2,3)43-34(42)41-17-5-7-31(41)33-38-20-29(40-33)23-10-8-22(9-11-23)24-12-13-26-19-27(15-14-25(26)18-24)30-21-37-32(39-30)28-6-4-16-36-28/h8-15,18-21,28,31,36H,4-7,16-17H2,1-3H3,(H,37,39)(H,38,40)/t28-,31-/m0/s1. The number of hydrogen-bond donors (Lipinski definition) is 3. The molecule has 8 heteroatoms. The molecule has 43 heavy (non-hydrogen) atoms. The Bertz CT molecular complexity index is 1760. The van der Waals surface area contributed by atoms with Crippen molar-refractivity contribution in [3.8, 4) is 33.6 Å². The van der Waals surface area contributed by atoms with E-state index in [9.17, 15) is 4.79 Å². The highest BCUT2D eigenvalue weighted by molar-refractivity contribution is 5.90. The molecule has 0 saturated carbocycles. The van der Waals surface area contributed by atoms with Gasteiger partial charge in [-0.15, -0.1) is 0 Å². The van der Waals surface area contributed by atoms with Gasteiger partial charge in [0.15, 0.2) is 0 Å². The van der Waals surface area contributed by atoms with Crippen molar-refractivity contribution in [3.05, 3.63) is 84.7 Å². The van der Waals surface area contributed by atoms with E-state index in [4.69, 9.17) is 4.74 Å². The summed E-state index contributed by atoms with van der Waals surface area (Å²) in [5, 5.41) is 5.91. The van der Waals surface area contributed by atoms with Crippen LogP contribution >= 0.6 is 0 Å². The number of aromatic amines is 2. The third-order valence-electron chi connectivity index (χ3n) is 8.46. The van der Waals surface area contributed by atoms with Gasteiger partial charge in [0.05, 0.1) is 35.9 Å². The highest BCUT2D eigenvalue weighted by atomic mass is 16.6. The Hall–Kier alpha value is -4.43. The van der Waals surface area contributed by atoms with Crippen LogP contribution in [0.15, 0.2) is 73.1 Å². The van der Waals surface area contributed by atoms with Crippen LogP contribution in [0.5, 0.6) is 0 Å². The number of amides is 1. The fraction of sp³-hybridized carbons (Fsp3) is 0.343. The van der Waals surface area contributed by atoms with Gasteiger partial charge in [0.25, 0.3) is 0 Å². The number of rotatable bonds is 5. The highest BCUT2D eigenvalue weighted by Crippen LogP contribution is 2.34. The Labute approximate surface area is 251 Å². The van der Waals surface area contributed by atoms with Gasteiger partial charge < -0.3 is 20.0 Å². The first kappa shape index (κ1) is 27.4. The van der Waals surface area contributed by atoms with Crippen molar-refractivity contribution in [2.45, 2.75) is 64.1 Å². The number of likely N-dealkylation sites (tertiary alicyclic amines) is 1. The van der Waals surface area contributed by atoms with Gasteiger partial charge in [0.1, 0.15) is 17.2 Å². The number of nitrogens with one attached hydrogen (secondary N) is 3. The van der Waals surface area contributed by atoms with Crippen LogP contribution in [0.1, 0.15) is 70.2 Å². The molecule has 0 unspecified atom stereocenters. The molecule has 2 aliphatic heterocycles. The lowest BCUT2D eigenvalue weighted by Gasteiger charge is -2.27. The number of aromatic nitrogens is 4. The van der Waals surface area contributed by atoms with Crippen molar-refractivity contribution in [2.75, 3.05) is 13.1 Å². The molecule has 5 aromatic rings. The Balaban J connectivity index is 1.06. The van der Waals surface area contributed by atoms with Gasteiger partial charge in [-0.2, -0.15) is 0 Å². The number of imidazole rings is 2. The molecular weight excluding hydrogens is 536 g/mol. The number of benzene rings is 3. The molecule has 2 aromatic heterocycles. The predicted molar refractivity (Wildman–Crippen MR) is 169 cm³/mol. The summed E-state index contributed by atoms with van der Waals surface area (Å²) in [5.41, 5.74) is 6.00. The van der Waals surface area contributed by atoms with Crippen LogP contribution in [-0.2, 0) is 4.74 Å². The molecule has 8 nitrogen and oxygen atoms in total. The molecule has 2 saturated heterocycles. The molecule has 0 bridgehead atoms. The molecule has 220 valence electrons. The number of nitrogens with zero attached hydrogens (tertiary/aromatic N) is 3. The van der Waals surface area contributed by atoms with Gasteiger partial charge in [-0.25, -0.2) is 14.8 Å². The Kier molecular flexibility index (Phi) is 7.01. The average molecular weight is 575 g/mol. The normalized spacial score (nSPS) is 18.9. The molecule has 0 radical (unpaired) electrons. The van der Waals surface area contributed by atoms with E-state index in [-0.39, 0.29) is 12.1 Å². The summed E-state index contributed by atoms with van der Waals surface area (Å²) < 4.78 is 5.63. The van der Waals surface area contributed by atoms with E-state index in [1.54, 1.807) is 4.90 Å². The molecule has 2 fully saturated rings. The molecular formula is C35H38N6O2. The molecule has 7 rings (SSSR count). The minimum absolute atomic E-state index is 0.0967. The Morgan fingerprint density at radius 3 is 2.14 bits per heavy atom. The smallest absolute Gasteiger partial charge is 0.410 e. The first-order valence-electron chi connectivity index (χ1n) is 15.3. The number of hydrogen-bond acceptors (Lipinski definition) is 5. The maximum absolute atomic E-state index is 12.8. The number of carbonyl (C=O) groups excluding carboxylic acids is 1. The van der Waals surface area contributed by atoms with Crippen molar-refractivity contribution < 1.29 is 9.53 Å². The first-order valence-corrected chi connectivity index (χ1v) is 15.3. The number of H-pyrrole nitrogens is 2. The predicted octanol–water partition coefficient (Wildman–Crippen LogP) is 7.78. The quantitative estimate of drug-likeness (QED) is 0.199. The number of fused-ring (bicyclic) bond motifs is 1. The summed E-state index contributed by atoms with van der Waals surface area (Å²) in [6, 6.07) is 22.0. The zero-order valence-electron chi connectivity index (χ0n) is 25.0. The monoisotopic (exact) mass is 574 g/mol.